The van der Waals surface area contributed by atoms with Crippen LogP contribution >= 0.6 is 0 Å². The molecule has 1 saturated carbocycles. The summed E-state index contributed by atoms with van der Waals surface area (Å²) < 4.78 is 13.5. The second-order valence-electron chi connectivity index (χ2n) is 8.55. The van der Waals surface area contributed by atoms with Crippen molar-refractivity contribution in [1.29, 1.82) is 0 Å². The molecule has 1 aliphatic carbocycles. The maximum Gasteiger partial charge on any atom is 0.162 e. The van der Waals surface area contributed by atoms with E-state index < -0.39 is 11.9 Å². The van der Waals surface area contributed by atoms with Gasteiger partial charge in [-0.3, -0.25) is 0 Å². The highest BCUT2D eigenvalue weighted by Crippen LogP contribution is 2.47. The molecule has 6 nitrogen and oxygen atoms in total. The van der Waals surface area contributed by atoms with Crippen LogP contribution < -0.4 is 0 Å². The standard InChI is InChI=1S/C21H29N3O3/c1-4-5-15-6-8-16(9-7-15)17-12-24(23-22-17)18-10-21(11-19(18)25)13-26-20(2,3)27-14-21/h6-9,12,18-19,25H,4-5,10-11,13-14H2,1-3H3/t18-,19-/m1/s1. The van der Waals surface area contributed by atoms with Crippen LogP contribution in [0.3, 0.4) is 0 Å². The van der Waals surface area contributed by atoms with E-state index in [0.29, 0.717) is 19.6 Å². The number of hydrogen-bond acceptors (Lipinski definition) is 5. The lowest BCUT2D eigenvalue weighted by molar-refractivity contribution is -0.285. The van der Waals surface area contributed by atoms with Crippen molar-refractivity contribution in [3.8, 4) is 11.3 Å². The van der Waals surface area contributed by atoms with Gasteiger partial charge >= 0.3 is 0 Å². The van der Waals surface area contributed by atoms with Crippen LogP contribution in [0, 0.1) is 5.41 Å². The highest BCUT2D eigenvalue weighted by Gasteiger charge is 2.50. The quantitative estimate of drug-likeness (QED) is 0.892. The zero-order valence-corrected chi connectivity index (χ0v) is 16.4. The molecule has 1 aromatic carbocycles. The molecule has 27 heavy (non-hydrogen) atoms. The smallest absolute Gasteiger partial charge is 0.162 e. The average Bonchev–Trinajstić information content (AvgIpc) is 3.24. The number of nitrogens with zero attached hydrogens (tertiary/aromatic N) is 3. The van der Waals surface area contributed by atoms with Crippen LogP contribution in [0.2, 0.25) is 0 Å². The molecule has 2 fully saturated rings. The Hall–Kier alpha value is -1.76. The molecule has 0 amide bonds. The molecule has 2 aromatic rings. The number of ether oxygens (including phenoxy) is 2. The van der Waals surface area contributed by atoms with Crippen molar-refractivity contribution >= 4 is 0 Å². The van der Waals surface area contributed by atoms with Crippen molar-refractivity contribution in [2.24, 2.45) is 5.41 Å². The fourth-order valence-electron chi connectivity index (χ4n) is 4.19. The number of benzene rings is 1. The number of aliphatic hydroxyl groups is 1. The third-order valence-electron chi connectivity index (χ3n) is 5.82. The molecule has 2 aliphatic rings. The van der Waals surface area contributed by atoms with Crippen molar-refractivity contribution in [1.82, 2.24) is 15.0 Å². The Morgan fingerprint density at radius 1 is 1.15 bits per heavy atom. The molecule has 0 radical (unpaired) electrons. The highest BCUT2D eigenvalue weighted by atomic mass is 16.7. The minimum atomic E-state index is -0.543. The summed E-state index contributed by atoms with van der Waals surface area (Å²) in [7, 11) is 0. The Morgan fingerprint density at radius 2 is 1.85 bits per heavy atom. The van der Waals surface area contributed by atoms with Gasteiger partial charge in [0.05, 0.1) is 31.6 Å². The van der Waals surface area contributed by atoms with Gasteiger partial charge in [0, 0.05) is 11.0 Å². The third-order valence-corrected chi connectivity index (χ3v) is 5.82. The van der Waals surface area contributed by atoms with E-state index in [4.69, 9.17) is 9.47 Å². The van der Waals surface area contributed by atoms with Crippen LogP contribution in [0.25, 0.3) is 11.3 Å². The molecule has 4 rings (SSSR count). The fourth-order valence-corrected chi connectivity index (χ4v) is 4.19. The normalized spacial score (nSPS) is 26.5. The highest BCUT2D eigenvalue weighted by molar-refractivity contribution is 5.58. The molecule has 0 bridgehead atoms. The predicted octanol–water partition coefficient (Wildman–Crippen LogP) is 3.36. The van der Waals surface area contributed by atoms with Gasteiger partial charge in [0.25, 0.3) is 0 Å². The van der Waals surface area contributed by atoms with E-state index in [1.54, 1.807) is 0 Å². The van der Waals surface area contributed by atoms with Crippen LogP contribution in [0.4, 0.5) is 0 Å². The number of aryl methyl sites for hydroxylation is 1. The summed E-state index contributed by atoms with van der Waals surface area (Å²) >= 11 is 0. The number of aromatic nitrogens is 3. The Bertz CT molecular complexity index is 774. The Balaban J connectivity index is 1.48. The number of hydrogen-bond donors (Lipinski definition) is 1. The average molecular weight is 371 g/mol. The summed E-state index contributed by atoms with van der Waals surface area (Å²) in [5.41, 5.74) is 3.08. The van der Waals surface area contributed by atoms with Crippen molar-refractivity contribution in [3.63, 3.8) is 0 Å². The lowest BCUT2D eigenvalue weighted by Gasteiger charge is -2.41. The lowest BCUT2D eigenvalue weighted by Crippen LogP contribution is -2.45. The summed E-state index contributed by atoms with van der Waals surface area (Å²) in [4.78, 5) is 0. The van der Waals surface area contributed by atoms with E-state index in [1.807, 2.05) is 24.7 Å². The van der Waals surface area contributed by atoms with Crippen LogP contribution in [0.5, 0.6) is 0 Å². The maximum atomic E-state index is 10.7. The first-order chi connectivity index (χ1) is 12.9. The van der Waals surface area contributed by atoms with Gasteiger partial charge in [0.1, 0.15) is 5.69 Å². The summed E-state index contributed by atoms with van der Waals surface area (Å²) in [5.74, 6) is -0.543. The lowest BCUT2D eigenvalue weighted by atomic mass is 9.87. The molecule has 1 spiro atoms. The molecular weight excluding hydrogens is 342 g/mol. The summed E-state index contributed by atoms with van der Waals surface area (Å²) in [6.07, 6.45) is 5.14. The molecule has 1 saturated heterocycles. The zero-order chi connectivity index (χ0) is 19.1. The van der Waals surface area contributed by atoms with Crippen LogP contribution in [-0.2, 0) is 15.9 Å². The van der Waals surface area contributed by atoms with E-state index in [2.05, 4.69) is 41.5 Å². The first-order valence-electron chi connectivity index (χ1n) is 9.87. The molecule has 146 valence electrons. The fraction of sp³-hybridized carbons (Fsp3) is 0.619. The first kappa shape index (κ1) is 18.6. The largest absolute Gasteiger partial charge is 0.391 e. The molecule has 2 atom stereocenters. The van der Waals surface area contributed by atoms with Gasteiger partial charge in [0.2, 0.25) is 0 Å². The van der Waals surface area contributed by atoms with Gasteiger partial charge in [0.15, 0.2) is 5.79 Å². The summed E-state index contributed by atoms with van der Waals surface area (Å²) in [6.45, 7) is 7.25. The van der Waals surface area contributed by atoms with Crippen molar-refractivity contribution in [2.75, 3.05) is 13.2 Å². The second kappa shape index (κ2) is 7.00. The van der Waals surface area contributed by atoms with E-state index >= 15 is 0 Å². The third kappa shape index (κ3) is 3.79. The monoisotopic (exact) mass is 371 g/mol. The molecule has 6 heteroatoms. The molecule has 1 N–H and O–H groups in total. The molecule has 0 unspecified atom stereocenters. The minimum absolute atomic E-state index is 0.0981. The molecule has 2 heterocycles. The number of aliphatic hydroxyl groups excluding tert-OH is 1. The Morgan fingerprint density at radius 3 is 2.52 bits per heavy atom. The first-order valence-corrected chi connectivity index (χ1v) is 9.87. The van der Waals surface area contributed by atoms with Gasteiger partial charge < -0.3 is 14.6 Å². The van der Waals surface area contributed by atoms with Crippen LogP contribution in [-0.4, -0.2) is 45.2 Å². The van der Waals surface area contributed by atoms with Crippen molar-refractivity contribution in [2.45, 2.75) is 64.4 Å². The van der Waals surface area contributed by atoms with Gasteiger partial charge in [-0.25, -0.2) is 4.68 Å². The van der Waals surface area contributed by atoms with E-state index in [1.165, 1.54) is 5.56 Å². The SMILES string of the molecule is CCCc1ccc(-c2cn([C@@H]3CC4(COC(C)(C)OC4)C[C@H]3O)nn2)cc1. The number of rotatable bonds is 4. The van der Waals surface area contributed by atoms with Crippen molar-refractivity contribution in [3.05, 3.63) is 36.0 Å². The maximum absolute atomic E-state index is 10.7. The predicted molar refractivity (Wildman–Crippen MR) is 102 cm³/mol. The topological polar surface area (TPSA) is 69.4 Å². The second-order valence-corrected chi connectivity index (χ2v) is 8.55. The zero-order valence-electron chi connectivity index (χ0n) is 16.4. The summed E-state index contributed by atoms with van der Waals surface area (Å²) in [6, 6.07) is 8.39. The van der Waals surface area contributed by atoms with Gasteiger partial charge in [-0.1, -0.05) is 42.8 Å². The molecular formula is C21H29N3O3. The van der Waals surface area contributed by atoms with E-state index in [-0.39, 0.29) is 11.5 Å². The minimum Gasteiger partial charge on any atom is -0.391 e. The van der Waals surface area contributed by atoms with Gasteiger partial charge in [-0.05, 0) is 38.7 Å². The van der Waals surface area contributed by atoms with Gasteiger partial charge in [-0.2, -0.15) is 0 Å². The van der Waals surface area contributed by atoms with Crippen molar-refractivity contribution < 1.29 is 14.6 Å². The van der Waals surface area contributed by atoms with Gasteiger partial charge in [-0.15, -0.1) is 5.10 Å². The van der Waals surface area contributed by atoms with E-state index in [0.717, 1.165) is 30.5 Å². The van der Waals surface area contributed by atoms with Crippen LogP contribution in [0.1, 0.15) is 51.6 Å². The van der Waals surface area contributed by atoms with Crippen LogP contribution in [0.15, 0.2) is 30.5 Å². The Labute approximate surface area is 160 Å². The molecule has 1 aromatic heterocycles. The Kier molecular flexibility index (Phi) is 4.82. The molecule has 1 aliphatic heterocycles. The summed E-state index contributed by atoms with van der Waals surface area (Å²) in [5, 5.41) is 19.3. The van der Waals surface area contributed by atoms with E-state index in [9.17, 15) is 5.11 Å².